The molecule has 0 aliphatic carbocycles. The van der Waals surface area contributed by atoms with Gasteiger partial charge in [-0.15, -0.1) is 11.3 Å². The van der Waals surface area contributed by atoms with Gasteiger partial charge in [0.2, 0.25) is 5.91 Å². The minimum Gasteiger partial charge on any atom is -0.409 e. The highest BCUT2D eigenvalue weighted by Crippen LogP contribution is 2.11. The molecule has 1 aromatic rings. The molecule has 0 aliphatic heterocycles. The lowest BCUT2D eigenvalue weighted by molar-refractivity contribution is -0.123. The van der Waals surface area contributed by atoms with Crippen LogP contribution in [0.4, 0.5) is 0 Å². The second-order valence-corrected chi connectivity index (χ2v) is 4.87. The summed E-state index contributed by atoms with van der Waals surface area (Å²) in [7, 11) is 0. The summed E-state index contributed by atoms with van der Waals surface area (Å²) in [6.45, 7) is 4.12. The van der Waals surface area contributed by atoms with Crippen LogP contribution in [0.25, 0.3) is 0 Å². The van der Waals surface area contributed by atoms with Gasteiger partial charge in [0.15, 0.2) is 5.84 Å². The zero-order valence-electron chi connectivity index (χ0n) is 9.80. The molecular formula is C10H16N4O2S. The van der Waals surface area contributed by atoms with E-state index in [2.05, 4.69) is 15.5 Å². The van der Waals surface area contributed by atoms with E-state index in [1.807, 2.05) is 6.92 Å². The standard InChI is InChI=1S/C10H16N4O2S/c1-3-8(9(11)14-16)10(15)13-5-7-4-12-6(2)17-7/h4,8,16H,3,5H2,1-2H3,(H2,11,14)(H,13,15). The fourth-order valence-electron chi connectivity index (χ4n) is 1.38. The molecule has 6 nitrogen and oxygen atoms in total. The Balaban J connectivity index is 2.54. The Hall–Kier alpha value is -1.63. The van der Waals surface area contributed by atoms with Crippen LogP contribution in [0, 0.1) is 12.8 Å². The van der Waals surface area contributed by atoms with Crippen molar-refractivity contribution in [3.63, 3.8) is 0 Å². The molecule has 0 radical (unpaired) electrons. The lowest BCUT2D eigenvalue weighted by atomic mass is 10.1. The molecule has 0 spiro atoms. The van der Waals surface area contributed by atoms with Crippen molar-refractivity contribution in [1.29, 1.82) is 0 Å². The van der Waals surface area contributed by atoms with Gasteiger partial charge < -0.3 is 16.3 Å². The van der Waals surface area contributed by atoms with Crippen molar-refractivity contribution < 1.29 is 10.0 Å². The lowest BCUT2D eigenvalue weighted by Crippen LogP contribution is -2.38. The fraction of sp³-hybridized carbons (Fsp3) is 0.500. The minimum atomic E-state index is -0.589. The molecule has 1 rings (SSSR count). The van der Waals surface area contributed by atoms with Gasteiger partial charge in [0.05, 0.1) is 17.5 Å². The number of amides is 1. The van der Waals surface area contributed by atoms with Gasteiger partial charge in [-0.1, -0.05) is 12.1 Å². The van der Waals surface area contributed by atoms with Crippen molar-refractivity contribution in [2.45, 2.75) is 26.8 Å². The van der Waals surface area contributed by atoms with E-state index in [1.165, 1.54) is 11.3 Å². The number of nitrogens with one attached hydrogen (secondary N) is 1. The monoisotopic (exact) mass is 256 g/mol. The summed E-state index contributed by atoms with van der Waals surface area (Å²) >= 11 is 1.53. The third-order valence-corrected chi connectivity index (χ3v) is 3.22. The molecule has 1 amide bonds. The molecule has 0 aromatic carbocycles. The number of amidine groups is 1. The Kier molecular flexibility index (Phi) is 4.89. The summed E-state index contributed by atoms with van der Waals surface area (Å²) in [5.74, 6) is -0.895. The van der Waals surface area contributed by atoms with Crippen LogP contribution >= 0.6 is 11.3 Å². The second-order valence-electron chi connectivity index (χ2n) is 3.55. The smallest absolute Gasteiger partial charge is 0.231 e. The average molecular weight is 256 g/mol. The topological polar surface area (TPSA) is 101 Å². The van der Waals surface area contributed by atoms with Crippen LogP contribution in [-0.2, 0) is 11.3 Å². The first-order valence-electron chi connectivity index (χ1n) is 5.24. The highest BCUT2D eigenvalue weighted by atomic mass is 32.1. The van der Waals surface area contributed by atoms with E-state index in [0.717, 1.165) is 9.88 Å². The Bertz CT molecular complexity index is 416. The molecular weight excluding hydrogens is 240 g/mol. The Labute approximate surface area is 104 Å². The van der Waals surface area contributed by atoms with Gasteiger partial charge in [-0.05, 0) is 13.3 Å². The minimum absolute atomic E-state index is 0.0644. The largest absolute Gasteiger partial charge is 0.409 e. The molecule has 0 bridgehead atoms. The summed E-state index contributed by atoms with van der Waals surface area (Å²) in [6, 6.07) is 0. The van der Waals surface area contributed by atoms with Gasteiger partial charge in [-0.2, -0.15) is 0 Å². The number of thiazole rings is 1. The average Bonchev–Trinajstić information content (AvgIpc) is 2.73. The highest BCUT2D eigenvalue weighted by molar-refractivity contribution is 7.11. The van der Waals surface area contributed by atoms with Crippen LogP contribution in [-0.4, -0.2) is 21.9 Å². The van der Waals surface area contributed by atoms with Crippen LogP contribution in [0.2, 0.25) is 0 Å². The molecule has 7 heteroatoms. The zero-order chi connectivity index (χ0) is 12.8. The summed E-state index contributed by atoms with van der Waals surface area (Å²) in [4.78, 5) is 16.8. The van der Waals surface area contributed by atoms with Crippen molar-refractivity contribution in [3.05, 3.63) is 16.1 Å². The number of hydrogen-bond donors (Lipinski definition) is 3. The summed E-state index contributed by atoms with van der Waals surface area (Å²) in [6.07, 6.45) is 2.22. The van der Waals surface area contributed by atoms with E-state index >= 15 is 0 Å². The molecule has 1 atom stereocenters. The molecule has 0 fully saturated rings. The number of nitrogens with two attached hydrogens (primary N) is 1. The van der Waals surface area contributed by atoms with Crippen molar-refractivity contribution in [2.24, 2.45) is 16.8 Å². The number of aryl methyl sites for hydroxylation is 1. The van der Waals surface area contributed by atoms with Gasteiger partial charge in [0.1, 0.15) is 0 Å². The number of nitrogens with zero attached hydrogens (tertiary/aromatic N) is 2. The predicted octanol–water partition coefficient (Wildman–Crippen LogP) is 0.840. The third kappa shape index (κ3) is 3.70. The Morgan fingerprint density at radius 3 is 2.94 bits per heavy atom. The van der Waals surface area contributed by atoms with Crippen LogP contribution in [0.3, 0.4) is 0 Å². The molecule has 1 heterocycles. The first-order chi connectivity index (χ1) is 8.08. The first-order valence-corrected chi connectivity index (χ1v) is 6.06. The Morgan fingerprint density at radius 1 is 1.76 bits per heavy atom. The molecule has 4 N–H and O–H groups in total. The number of hydrogen-bond acceptors (Lipinski definition) is 5. The number of carbonyl (C=O) groups excluding carboxylic acids is 1. The Morgan fingerprint density at radius 2 is 2.47 bits per heavy atom. The zero-order valence-corrected chi connectivity index (χ0v) is 10.6. The molecule has 94 valence electrons. The van der Waals surface area contributed by atoms with Crippen LogP contribution < -0.4 is 11.1 Å². The van der Waals surface area contributed by atoms with Crippen molar-refractivity contribution >= 4 is 23.1 Å². The van der Waals surface area contributed by atoms with E-state index in [9.17, 15) is 4.79 Å². The lowest BCUT2D eigenvalue weighted by Gasteiger charge is -2.12. The van der Waals surface area contributed by atoms with E-state index < -0.39 is 5.92 Å². The SMILES string of the molecule is CCC(C(=O)NCc1cnc(C)s1)/C(N)=N/O. The van der Waals surface area contributed by atoms with Crippen LogP contribution in [0.5, 0.6) is 0 Å². The predicted molar refractivity (Wildman–Crippen MR) is 65.9 cm³/mol. The first kappa shape index (κ1) is 13.4. The number of oxime groups is 1. The maximum absolute atomic E-state index is 11.8. The van der Waals surface area contributed by atoms with Gasteiger partial charge in [0.25, 0.3) is 0 Å². The molecule has 0 saturated carbocycles. The second kappa shape index (κ2) is 6.19. The van der Waals surface area contributed by atoms with Gasteiger partial charge >= 0.3 is 0 Å². The highest BCUT2D eigenvalue weighted by Gasteiger charge is 2.20. The van der Waals surface area contributed by atoms with Gasteiger partial charge in [-0.25, -0.2) is 4.98 Å². The van der Waals surface area contributed by atoms with E-state index in [4.69, 9.17) is 10.9 Å². The van der Waals surface area contributed by atoms with E-state index in [-0.39, 0.29) is 11.7 Å². The quantitative estimate of drug-likeness (QED) is 0.314. The van der Waals surface area contributed by atoms with Crippen molar-refractivity contribution in [2.75, 3.05) is 0 Å². The fourth-order valence-corrected chi connectivity index (χ4v) is 2.12. The van der Waals surface area contributed by atoms with Gasteiger partial charge in [0, 0.05) is 11.1 Å². The summed E-state index contributed by atoms with van der Waals surface area (Å²) < 4.78 is 0. The van der Waals surface area contributed by atoms with Gasteiger partial charge in [-0.3, -0.25) is 4.79 Å². The molecule has 0 aliphatic rings. The van der Waals surface area contributed by atoms with Crippen LogP contribution in [0.1, 0.15) is 23.2 Å². The van der Waals surface area contributed by atoms with Crippen molar-refractivity contribution in [3.8, 4) is 0 Å². The van der Waals surface area contributed by atoms with E-state index in [1.54, 1.807) is 13.1 Å². The molecule has 1 aromatic heterocycles. The maximum atomic E-state index is 11.8. The summed E-state index contributed by atoms with van der Waals surface area (Å²) in [5, 5.41) is 15.1. The normalized spacial score (nSPS) is 13.4. The number of rotatable bonds is 5. The maximum Gasteiger partial charge on any atom is 0.231 e. The number of aromatic nitrogens is 1. The van der Waals surface area contributed by atoms with Crippen LogP contribution in [0.15, 0.2) is 11.4 Å². The molecule has 1 unspecified atom stereocenters. The number of carbonyl (C=O) groups is 1. The van der Waals surface area contributed by atoms with Crippen molar-refractivity contribution in [1.82, 2.24) is 10.3 Å². The summed E-state index contributed by atoms with van der Waals surface area (Å²) in [5.41, 5.74) is 5.43. The van der Waals surface area contributed by atoms with E-state index in [0.29, 0.717) is 13.0 Å². The molecule has 17 heavy (non-hydrogen) atoms. The molecule has 0 saturated heterocycles. The third-order valence-electron chi connectivity index (χ3n) is 2.30.